The quantitative estimate of drug-likeness (QED) is 0.659. The minimum atomic E-state index is -0.603. The number of fused-ring (bicyclic) bond motifs is 1. The Labute approximate surface area is 176 Å². The van der Waals surface area contributed by atoms with Gasteiger partial charge in [-0.25, -0.2) is 4.98 Å². The molecular weight excluding hydrogens is 380 g/mol. The van der Waals surface area contributed by atoms with Crippen LogP contribution < -0.4 is 10.9 Å². The summed E-state index contributed by atoms with van der Waals surface area (Å²) in [6.45, 7) is 9.32. The summed E-state index contributed by atoms with van der Waals surface area (Å²) in [5.74, 6) is 0.176. The normalized spacial score (nSPS) is 11.6. The average molecular weight is 411 g/mol. The van der Waals surface area contributed by atoms with Crippen molar-refractivity contribution in [1.82, 2.24) is 14.5 Å². The predicted molar refractivity (Wildman–Crippen MR) is 120 cm³/mol. The van der Waals surface area contributed by atoms with Crippen molar-refractivity contribution in [2.24, 2.45) is 7.05 Å². The van der Waals surface area contributed by atoms with Gasteiger partial charge in [0.1, 0.15) is 5.82 Å². The van der Waals surface area contributed by atoms with Crippen LogP contribution >= 0.6 is 0 Å². The first kappa shape index (κ1) is 23.2. The van der Waals surface area contributed by atoms with Gasteiger partial charge in [0.25, 0.3) is 5.56 Å². The highest BCUT2D eigenvalue weighted by Gasteiger charge is 2.15. The van der Waals surface area contributed by atoms with Crippen LogP contribution in [-0.4, -0.2) is 25.5 Å². The number of rotatable bonds is 5. The van der Waals surface area contributed by atoms with E-state index in [2.05, 4.69) is 15.3 Å². The van der Waals surface area contributed by atoms with Gasteiger partial charge in [0.05, 0.1) is 17.3 Å². The number of aliphatic hydroxyl groups is 1. The number of pyridine rings is 3. The van der Waals surface area contributed by atoms with Gasteiger partial charge in [-0.1, -0.05) is 27.2 Å². The molecule has 0 spiro atoms. The van der Waals surface area contributed by atoms with E-state index < -0.39 is 6.10 Å². The molecular formula is C23H30N4O3. The first-order valence-electron chi connectivity index (χ1n) is 10.2. The molecule has 3 heterocycles. The third-order valence-corrected chi connectivity index (χ3v) is 4.74. The van der Waals surface area contributed by atoms with E-state index >= 15 is 0 Å². The Morgan fingerprint density at radius 1 is 1.17 bits per heavy atom. The first-order valence-corrected chi connectivity index (χ1v) is 10.2. The zero-order valence-corrected chi connectivity index (χ0v) is 18.5. The molecule has 0 aliphatic carbocycles. The number of nitrogens with zero attached hydrogens (tertiary/aromatic N) is 3. The third kappa shape index (κ3) is 4.91. The largest absolute Gasteiger partial charge is 0.387 e. The van der Waals surface area contributed by atoms with Crippen molar-refractivity contribution in [2.45, 2.75) is 53.6 Å². The standard InChI is InChI=1S/C21H24N4O3.C2H6/c1-5-6-19(27)17-7-12(2)16(11-22-17)15-8-14-10-23-20(24-13(3)26)9-18(14)25(4)21(15)28;1-2/h7-11,19,27H,5-6H2,1-4H3,(H,23,24,26);1-2H3. The lowest BCUT2D eigenvalue weighted by Gasteiger charge is -2.14. The van der Waals surface area contributed by atoms with E-state index in [-0.39, 0.29) is 11.5 Å². The highest BCUT2D eigenvalue weighted by molar-refractivity contribution is 5.91. The van der Waals surface area contributed by atoms with Crippen LogP contribution in [0.4, 0.5) is 5.82 Å². The molecule has 0 radical (unpaired) electrons. The Balaban J connectivity index is 0.00000155. The van der Waals surface area contributed by atoms with Gasteiger partial charge >= 0.3 is 0 Å². The number of aryl methyl sites for hydroxylation is 2. The van der Waals surface area contributed by atoms with Crippen LogP contribution in [-0.2, 0) is 11.8 Å². The fourth-order valence-corrected chi connectivity index (χ4v) is 3.27. The van der Waals surface area contributed by atoms with Crippen molar-refractivity contribution in [1.29, 1.82) is 0 Å². The fourth-order valence-electron chi connectivity index (χ4n) is 3.27. The molecule has 0 fully saturated rings. The summed E-state index contributed by atoms with van der Waals surface area (Å²) in [6, 6.07) is 5.29. The van der Waals surface area contributed by atoms with Gasteiger partial charge in [0, 0.05) is 48.9 Å². The number of carbonyl (C=O) groups excluding carboxylic acids is 1. The van der Waals surface area contributed by atoms with E-state index in [4.69, 9.17) is 0 Å². The van der Waals surface area contributed by atoms with Gasteiger partial charge in [-0.3, -0.25) is 14.6 Å². The number of amides is 1. The molecule has 0 bridgehead atoms. The molecule has 0 aromatic carbocycles. The molecule has 1 unspecified atom stereocenters. The van der Waals surface area contributed by atoms with Crippen molar-refractivity contribution in [2.75, 3.05) is 5.32 Å². The van der Waals surface area contributed by atoms with E-state index in [9.17, 15) is 14.7 Å². The molecule has 0 saturated heterocycles. The first-order chi connectivity index (χ1) is 14.3. The van der Waals surface area contributed by atoms with Crippen LogP contribution in [0.2, 0.25) is 0 Å². The predicted octanol–water partition coefficient (Wildman–Crippen LogP) is 4.12. The Kier molecular flexibility index (Phi) is 7.83. The molecule has 7 nitrogen and oxygen atoms in total. The zero-order chi connectivity index (χ0) is 22.4. The second-order valence-electron chi connectivity index (χ2n) is 6.96. The monoisotopic (exact) mass is 410 g/mol. The van der Waals surface area contributed by atoms with Crippen molar-refractivity contribution < 1.29 is 9.90 Å². The van der Waals surface area contributed by atoms with Crippen molar-refractivity contribution in [3.63, 3.8) is 0 Å². The highest BCUT2D eigenvalue weighted by Crippen LogP contribution is 2.26. The number of carbonyl (C=O) groups is 1. The maximum Gasteiger partial charge on any atom is 0.258 e. The Morgan fingerprint density at radius 2 is 1.87 bits per heavy atom. The molecule has 2 N–H and O–H groups in total. The van der Waals surface area contributed by atoms with Crippen LogP contribution in [0.1, 0.15) is 57.9 Å². The molecule has 30 heavy (non-hydrogen) atoms. The van der Waals surface area contributed by atoms with Gasteiger partial charge < -0.3 is 15.0 Å². The van der Waals surface area contributed by atoms with E-state index in [1.807, 2.05) is 33.8 Å². The summed E-state index contributed by atoms with van der Waals surface area (Å²) in [4.78, 5) is 32.8. The molecule has 3 aromatic rings. The van der Waals surface area contributed by atoms with Crippen LogP contribution in [0.5, 0.6) is 0 Å². The molecule has 7 heteroatoms. The Morgan fingerprint density at radius 3 is 2.47 bits per heavy atom. The summed E-state index contributed by atoms with van der Waals surface area (Å²) in [7, 11) is 1.69. The number of aliphatic hydroxyl groups excluding tert-OH is 1. The minimum absolute atomic E-state index is 0.167. The molecule has 0 aliphatic heterocycles. The van der Waals surface area contributed by atoms with Crippen LogP contribution in [0.25, 0.3) is 22.0 Å². The topological polar surface area (TPSA) is 97.1 Å². The summed E-state index contributed by atoms with van der Waals surface area (Å²) < 4.78 is 1.54. The van der Waals surface area contributed by atoms with Crippen LogP contribution in [0, 0.1) is 6.92 Å². The number of nitrogens with one attached hydrogen (secondary N) is 1. The smallest absolute Gasteiger partial charge is 0.258 e. The summed E-state index contributed by atoms with van der Waals surface area (Å²) >= 11 is 0. The fraction of sp³-hybridized carbons (Fsp3) is 0.391. The molecule has 0 saturated carbocycles. The summed E-state index contributed by atoms with van der Waals surface area (Å²) in [5.41, 5.74) is 3.24. The molecule has 3 rings (SSSR count). The molecule has 0 aliphatic rings. The van der Waals surface area contributed by atoms with Crippen molar-refractivity contribution >= 4 is 22.6 Å². The number of hydrogen-bond acceptors (Lipinski definition) is 5. The van der Waals surface area contributed by atoms with Crippen molar-refractivity contribution in [3.05, 3.63) is 52.2 Å². The lowest BCUT2D eigenvalue weighted by molar-refractivity contribution is -0.114. The lowest BCUT2D eigenvalue weighted by Crippen LogP contribution is -2.20. The summed E-state index contributed by atoms with van der Waals surface area (Å²) in [6.07, 6.45) is 4.18. The molecule has 160 valence electrons. The molecule has 1 amide bonds. The second kappa shape index (κ2) is 10.1. The number of hydrogen-bond donors (Lipinski definition) is 2. The van der Waals surface area contributed by atoms with Gasteiger partial charge in [0.2, 0.25) is 5.91 Å². The van der Waals surface area contributed by atoms with Gasteiger partial charge in [-0.05, 0) is 31.0 Å². The zero-order valence-electron chi connectivity index (χ0n) is 18.5. The maximum atomic E-state index is 13.0. The summed E-state index contributed by atoms with van der Waals surface area (Å²) in [5, 5.41) is 13.6. The van der Waals surface area contributed by atoms with Gasteiger partial charge in [-0.15, -0.1) is 0 Å². The minimum Gasteiger partial charge on any atom is -0.387 e. The maximum absolute atomic E-state index is 13.0. The molecule has 1 atom stereocenters. The Bertz CT molecular complexity index is 1110. The SMILES string of the molecule is CC.CCCC(O)c1cc(C)c(-c2cc3cnc(NC(C)=O)cc3n(C)c2=O)cn1. The lowest BCUT2D eigenvalue weighted by atomic mass is 10.0. The number of aromatic nitrogens is 3. The van der Waals surface area contributed by atoms with Crippen molar-refractivity contribution in [3.8, 4) is 11.1 Å². The van der Waals surface area contributed by atoms with E-state index in [1.54, 1.807) is 31.6 Å². The van der Waals surface area contributed by atoms with E-state index in [0.717, 1.165) is 22.9 Å². The second-order valence-corrected chi connectivity index (χ2v) is 6.96. The van der Waals surface area contributed by atoms with E-state index in [1.165, 1.54) is 11.5 Å². The Hall–Kier alpha value is -3.06. The van der Waals surface area contributed by atoms with Gasteiger partial charge in [0.15, 0.2) is 0 Å². The number of anilines is 1. The van der Waals surface area contributed by atoms with Gasteiger partial charge in [-0.2, -0.15) is 0 Å². The molecule has 3 aromatic heterocycles. The highest BCUT2D eigenvalue weighted by atomic mass is 16.3. The average Bonchev–Trinajstić information content (AvgIpc) is 2.72. The van der Waals surface area contributed by atoms with E-state index in [0.29, 0.717) is 29.0 Å². The van der Waals surface area contributed by atoms with Crippen LogP contribution in [0.3, 0.4) is 0 Å². The third-order valence-electron chi connectivity index (χ3n) is 4.74. The van der Waals surface area contributed by atoms with Crippen LogP contribution in [0.15, 0.2) is 35.4 Å².